The molecule has 1 N–H and O–H groups in total. The molecule has 0 radical (unpaired) electrons. The monoisotopic (exact) mass is 546 g/mol. The molecule has 2 aliphatic rings. The SMILES string of the molecule is CCOc1cc(CN2CCC(NC(=O)c3cc(OCCF)cc(OCCF)c3)CC2)cc(OCC)c1C1CC1. The number of rotatable bonds is 15. The molecule has 4 rings (SSSR count). The third-order valence-corrected chi connectivity index (χ3v) is 6.91. The van der Waals surface area contributed by atoms with Crippen molar-refractivity contribution in [2.75, 3.05) is 52.9 Å². The third kappa shape index (κ3) is 8.21. The Balaban J connectivity index is 1.36. The van der Waals surface area contributed by atoms with E-state index < -0.39 is 13.3 Å². The molecule has 2 fully saturated rings. The summed E-state index contributed by atoms with van der Waals surface area (Å²) in [6, 6.07) is 8.99. The Kier molecular flexibility index (Phi) is 10.6. The lowest BCUT2D eigenvalue weighted by atomic mass is 10.0. The minimum absolute atomic E-state index is 0.0228. The van der Waals surface area contributed by atoms with Gasteiger partial charge in [-0.2, -0.15) is 0 Å². The highest BCUT2D eigenvalue weighted by molar-refractivity contribution is 5.95. The van der Waals surface area contributed by atoms with E-state index in [1.165, 1.54) is 30.0 Å². The molecule has 0 atom stereocenters. The molecular weight excluding hydrogens is 506 g/mol. The Morgan fingerprint density at radius 2 is 1.41 bits per heavy atom. The van der Waals surface area contributed by atoms with E-state index in [0.717, 1.165) is 44.0 Å². The molecule has 1 saturated heterocycles. The van der Waals surface area contributed by atoms with Gasteiger partial charge in [-0.1, -0.05) is 0 Å². The van der Waals surface area contributed by atoms with Gasteiger partial charge in [0.1, 0.15) is 49.6 Å². The molecular formula is C30H40F2N2O5. The maximum absolute atomic E-state index is 13.0. The van der Waals surface area contributed by atoms with Crippen molar-refractivity contribution in [1.82, 2.24) is 10.2 Å². The number of carbonyl (C=O) groups is 1. The van der Waals surface area contributed by atoms with Crippen molar-refractivity contribution in [3.63, 3.8) is 0 Å². The van der Waals surface area contributed by atoms with Crippen molar-refractivity contribution in [3.8, 4) is 23.0 Å². The minimum atomic E-state index is -0.653. The number of piperidine rings is 1. The van der Waals surface area contributed by atoms with E-state index in [2.05, 4.69) is 22.3 Å². The molecule has 1 saturated carbocycles. The number of benzene rings is 2. The van der Waals surface area contributed by atoms with Gasteiger partial charge in [0.25, 0.3) is 5.91 Å². The second-order valence-electron chi connectivity index (χ2n) is 9.94. The quantitative estimate of drug-likeness (QED) is 0.320. The third-order valence-electron chi connectivity index (χ3n) is 6.91. The number of alkyl halides is 2. The lowest BCUT2D eigenvalue weighted by molar-refractivity contribution is 0.0907. The van der Waals surface area contributed by atoms with Crippen LogP contribution in [0.4, 0.5) is 8.78 Å². The molecule has 1 aliphatic heterocycles. The molecule has 0 aromatic heterocycles. The van der Waals surface area contributed by atoms with Crippen LogP contribution >= 0.6 is 0 Å². The number of hydrogen-bond acceptors (Lipinski definition) is 6. The van der Waals surface area contributed by atoms with E-state index in [1.807, 2.05) is 13.8 Å². The summed E-state index contributed by atoms with van der Waals surface area (Å²) in [5.74, 6) is 2.78. The minimum Gasteiger partial charge on any atom is -0.493 e. The number of likely N-dealkylation sites (tertiary alicyclic amines) is 1. The Bertz CT molecular complexity index is 1030. The number of carbonyl (C=O) groups excluding carboxylic acids is 1. The number of nitrogens with one attached hydrogen (secondary N) is 1. The number of nitrogens with zero attached hydrogens (tertiary/aromatic N) is 1. The number of halogens is 2. The summed E-state index contributed by atoms with van der Waals surface area (Å²) < 4.78 is 47.9. The van der Waals surface area contributed by atoms with Crippen LogP contribution in [0.2, 0.25) is 0 Å². The van der Waals surface area contributed by atoms with Crippen LogP contribution in [0.5, 0.6) is 23.0 Å². The average Bonchev–Trinajstić information content (AvgIpc) is 3.77. The Labute approximate surface area is 229 Å². The van der Waals surface area contributed by atoms with Crippen LogP contribution in [0.15, 0.2) is 30.3 Å². The van der Waals surface area contributed by atoms with Crippen LogP contribution < -0.4 is 24.3 Å². The van der Waals surface area contributed by atoms with Gasteiger partial charge >= 0.3 is 0 Å². The van der Waals surface area contributed by atoms with Crippen LogP contribution in [-0.2, 0) is 6.54 Å². The van der Waals surface area contributed by atoms with Gasteiger partial charge in [0.05, 0.1) is 13.2 Å². The van der Waals surface area contributed by atoms with Crippen LogP contribution in [0.3, 0.4) is 0 Å². The molecule has 0 unspecified atom stereocenters. The predicted molar refractivity (Wildman–Crippen MR) is 146 cm³/mol. The zero-order chi connectivity index (χ0) is 27.6. The van der Waals surface area contributed by atoms with Crippen molar-refractivity contribution < 1.29 is 32.5 Å². The molecule has 39 heavy (non-hydrogen) atoms. The van der Waals surface area contributed by atoms with Crippen molar-refractivity contribution in [1.29, 1.82) is 0 Å². The van der Waals surface area contributed by atoms with Gasteiger partial charge in [-0.25, -0.2) is 8.78 Å². The van der Waals surface area contributed by atoms with Gasteiger partial charge in [0.2, 0.25) is 0 Å². The summed E-state index contributed by atoms with van der Waals surface area (Å²) in [5, 5.41) is 3.10. The van der Waals surface area contributed by atoms with Crippen molar-refractivity contribution in [2.45, 2.75) is 58.0 Å². The molecule has 1 amide bonds. The van der Waals surface area contributed by atoms with E-state index in [1.54, 1.807) is 12.1 Å². The van der Waals surface area contributed by atoms with Crippen molar-refractivity contribution >= 4 is 5.91 Å². The first-order valence-electron chi connectivity index (χ1n) is 14.0. The first-order chi connectivity index (χ1) is 19.0. The van der Waals surface area contributed by atoms with Gasteiger partial charge in [-0.05, 0) is 75.3 Å². The first-order valence-corrected chi connectivity index (χ1v) is 14.0. The molecule has 0 spiro atoms. The van der Waals surface area contributed by atoms with Gasteiger partial charge in [0.15, 0.2) is 0 Å². The van der Waals surface area contributed by atoms with E-state index in [4.69, 9.17) is 18.9 Å². The fraction of sp³-hybridized carbons (Fsp3) is 0.567. The number of amides is 1. The fourth-order valence-corrected chi connectivity index (χ4v) is 5.02. The Hall–Kier alpha value is -3.07. The predicted octanol–water partition coefficient (Wildman–Crippen LogP) is 5.45. The summed E-state index contributed by atoms with van der Waals surface area (Å²) >= 11 is 0. The summed E-state index contributed by atoms with van der Waals surface area (Å²) in [6.07, 6.45) is 3.98. The lowest BCUT2D eigenvalue weighted by Gasteiger charge is -2.32. The van der Waals surface area contributed by atoms with E-state index in [0.29, 0.717) is 36.2 Å². The van der Waals surface area contributed by atoms with E-state index in [-0.39, 0.29) is 25.2 Å². The van der Waals surface area contributed by atoms with Gasteiger partial charge in [-0.3, -0.25) is 9.69 Å². The second-order valence-corrected chi connectivity index (χ2v) is 9.94. The smallest absolute Gasteiger partial charge is 0.251 e. The zero-order valence-corrected chi connectivity index (χ0v) is 23.0. The Morgan fingerprint density at radius 3 is 1.90 bits per heavy atom. The molecule has 9 heteroatoms. The Morgan fingerprint density at radius 1 is 0.846 bits per heavy atom. The maximum Gasteiger partial charge on any atom is 0.251 e. The first kappa shape index (κ1) is 28.9. The molecule has 1 aliphatic carbocycles. The summed E-state index contributed by atoms with van der Waals surface area (Å²) in [6.45, 7) is 6.16. The summed E-state index contributed by atoms with van der Waals surface area (Å²) in [4.78, 5) is 15.4. The highest BCUT2D eigenvalue weighted by Crippen LogP contribution is 2.49. The molecule has 1 heterocycles. The van der Waals surface area contributed by atoms with Crippen molar-refractivity contribution in [3.05, 3.63) is 47.0 Å². The van der Waals surface area contributed by atoms with E-state index >= 15 is 0 Å². The number of hydrogen-bond donors (Lipinski definition) is 1. The highest BCUT2D eigenvalue weighted by atomic mass is 19.1. The standard InChI is InChI=1S/C30H40F2N2O5/c1-3-36-27-15-21(16-28(37-4-2)29(27)22-5-6-22)20-34-11-7-24(8-12-34)33-30(35)23-17-25(38-13-9-31)19-26(18-23)39-14-10-32/h15-19,22,24H,3-14,20H2,1-2H3,(H,33,35). The van der Waals surface area contributed by atoms with E-state index in [9.17, 15) is 13.6 Å². The lowest BCUT2D eigenvalue weighted by Crippen LogP contribution is -2.44. The van der Waals surface area contributed by atoms with Gasteiger partial charge in [0, 0.05) is 42.9 Å². The molecule has 0 bridgehead atoms. The average molecular weight is 547 g/mol. The van der Waals surface area contributed by atoms with Crippen LogP contribution in [0, 0.1) is 0 Å². The fourth-order valence-electron chi connectivity index (χ4n) is 5.02. The summed E-state index contributed by atoms with van der Waals surface area (Å²) in [7, 11) is 0. The van der Waals surface area contributed by atoms with Crippen LogP contribution in [0.1, 0.15) is 66.9 Å². The van der Waals surface area contributed by atoms with Gasteiger partial charge < -0.3 is 24.3 Å². The molecule has 2 aromatic rings. The van der Waals surface area contributed by atoms with Gasteiger partial charge in [-0.15, -0.1) is 0 Å². The second kappa shape index (κ2) is 14.4. The maximum atomic E-state index is 13.0. The molecule has 2 aromatic carbocycles. The largest absolute Gasteiger partial charge is 0.493 e. The highest BCUT2D eigenvalue weighted by Gasteiger charge is 2.31. The normalized spacial score (nSPS) is 16.1. The topological polar surface area (TPSA) is 69.3 Å². The number of ether oxygens (including phenoxy) is 4. The van der Waals surface area contributed by atoms with Crippen molar-refractivity contribution in [2.24, 2.45) is 0 Å². The summed E-state index contributed by atoms with van der Waals surface area (Å²) in [5.41, 5.74) is 2.71. The molecule has 214 valence electrons. The van der Waals surface area contributed by atoms with Crippen LogP contribution in [0.25, 0.3) is 0 Å². The zero-order valence-electron chi connectivity index (χ0n) is 23.0. The van der Waals surface area contributed by atoms with Crippen LogP contribution in [-0.4, -0.2) is 69.7 Å². The molecule has 7 nitrogen and oxygen atoms in total.